The third-order valence-corrected chi connectivity index (χ3v) is 3.95. The number of rotatable bonds is 2. The summed E-state index contributed by atoms with van der Waals surface area (Å²) in [6, 6.07) is 0.0373. The molecular weight excluding hydrogens is 308 g/mol. The summed E-state index contributed by atoms with van der Waals surface area (Å²) in [6.45, 7) is 7.17. The molecule has 0 aromatic carbocycles. The van der Waals surface area contributed by atoms with Gasteiger partial charge in [-0.05, 0) is 33.6 Å². The molecule has 8 heteroatoms. The number of piperidine rings is 1. The van der Waals surface area contributed by atoms with Crippen LogP contribution in [0.2, 0.25) is 0 Å². The second-order valence-electron chi connectivity index (χ2n) is 7.13. The SMILES string of the molecule is Cn1ncc2c(N3CCC[C@@H](NC(=O)OC(C)(C)C)C3)ncnc21. The molecule has 0 unspecified atom stereocenters. The van der Waals surface area contributed by atoms with Crippen molar-refractivity contribution in [1.29, 1.82) is 0 Å². The number of carbonyl (C=O) groups excluding carboxylic acids is 1. The largest absolute Gasteiger partial charge is 0.444 e. The zero-order valence-corrected chi connectivity index (χ0v) is 14.6. The maximum atomic E-state index is 12.0. The summed E-state index contributed by atoms with van der Waals surface area (Å²) in [6.07, 6.45) is 4.88. The van der Waals surface area contributed by atoms with Crippen LogP contribution >= 0.6 is 0 Å². The Labute approximate surface area is 141 Å². The first-order valence-corrected chi connectivity index (χ1v) is 8.20. The van der Waals surface area contributed by atoms with Crippen molar-refractivity contribution in [2.75, 3.05) is 18.0 Å². The van der Waals surface area contributed by atoms with Gasteiger partial charge in [0.1, 0.15) is 17.7 Å². The van der Waals surface area contributed by atoms with E-state index in [1.165, 1.54) is 0 Å². The topological polar surface area (TPSA) is 85.2 Å². The Bertz CT molecular complexity index is 736. The highest BCUT2D eigenvalue weighted by molar-refractivity contribution is 5.86. The average molecular weight is 332 g/mol. The van der Waals surface area contributed by atoms with Gasteiger partial charge in [-0.25, -0.2) is 14.8 Å². The molecule has 2 aromatic heterocycles. The third kappa shape index (κ3) is 3.58. The summed E-state index contributed by atoms with van der Waals surface area (Å²) in [4.78, 5) is 22.9. The lowest BCUT2D eigenvalue weighted by Crippen LogP contribution is -2.49. The van der Waals surface area contributed by atoms with Crippen molar-refractivity contribution in [1.82, 2.24) is 25.1 Å². The number of aryl methyl sites for hydroxylation is 1. The van der Waals surface area contributed by atoms with Gasteiger partial charge >= 0.3 is 6.09 Å². The molecule has 0 aliphatic carbocycles. The number of nitrogens with one attached hydrogen (secondary N) is 1. The van der Waals surface area contributed by atoms with Crippen molar-refractivity contribution in [2.24, 2.45) is 7.05 Å². The number of ether oxygens (including phenoxy) is 1. The van der Waals surface area contributed by atoms with E-state index in [0.717, 1.165) is 36.2 Å². The van der Waals surface area contributed by atoms with Gasteiger partial charge in [-0.3, -0.25) is 4.68 Å². The first kappa shape index (κ1) is 16.5. The predicted molar refractivity (Wildman–Crippen MR) is 90.9 cm³/mol. The summed E-state index contributed by atoms with van der Waals surface area (Å²) < 4.78 is 7.08. The van der Waals surface area contributed by atoms with E-state index < -0.39 is 5.60 Å². The van der Waals surface area contributed by atoms with Crippen LogP contribution in [0.1, 0.15) is 33.6 Å². The van der Waals surface area contributed by atoms with Crippen molar-refractivity contribution in [3.05, 3.63) is 12.5 Å². The van der Waals surface area contributed by atoms with Gasteiger partial charge in [0, 0.05) is 26.2 Å². The van der Waals surface area contributed by atoms with E-state index in [4.69, 9.17) is 4.74 Å². The highest BCUT2D eigenvalue weighted by Gasteiger charge is 2.26. The molecule has 1 amide bonds. The van der Waals surface area contributed by atoms with E-state index in [1.54, 1.807) is 17.2 Å². The standard InChI is InChI=1S/C16H24N6O2/c1-16(2,3)24-15(23)20-11-6-5-7-22(9-11)14-12-8-19-21(4)13(12)17-10-18-14/h8,10-11H,5-7,9H2,1-4H3,(H,20,23)/t11-/m1/s1. The van der Waals surface area contributed by atoms with Crippen LogP contribution in [0.15, 0.2) is 12.5 Å². The van der Waals surface area contributed by atoms with E-state index in [0.29, 0.717) is 6.54 Å². The van der Waals surface area contributed by atoms with Gasteiger partial charge in [0.15, 0.2) is 5.65 Å². The van der Waals surface area contributed by atoms with Gasteiger partial charge in [-0.15, -0.1) is 0 Å². The smallest absolute Gasteiger partial charge is 0.407 e. The Morgan fingerprint density at radius 2 is 2.17 bits per heavy atom. The molecular formula is C16H24N6O2. The van der Waals surface area contributed by atoms with E-state index in [9.17, 15) is 4.79 Å². The fourth-order valence-electron chi connectivity index (χ4n) is 2.96. The normalized spacial score (nSPS) is 18.7. The number of anilines is 1. The predicted octanol–water partition coefficient (Wildman–Crippen LogP) is 1.86. The molecule has 3 heterocycles. The third-order valence-electron chi connectivity index (χ3n) is 3.95. The first-order valence-electron chi connectivity index (χ1n) is 8.20. The molecule has 2 aromatic rings. The maximum absolute atomic E-state index is 12.0. The van der Waals surface area contributed by atoms with Crippen LogP contribution in [0.25, 0.3) is 11.0 Å². The van der Waals surface area contributed by atoms with Gasteiger partial charge in [0.25, 0.3) is 0 Å². The highest BCUT2D eigenvalue weighted by Crippen LogP contribution is 2.25. The van der Waals surface area contributed by atoms with E-state index in [1.807, 2.05) is 27.8 Å². The fraction of sp³-hybridized carbons (Fsp3) is 0.625. The van der Waals surface area contributed by atoms with Crippen LogP contribution in [0, 0.1) is 0 Å². The zero-order chi connectivity index (χ0) is 17.3. The minimum absolute atomic E-state index is 0.0373. The molecule has 0 saturated carbocycles. The zero-order valence-electron chi connectivity index (χ0n) is 14.6. The average Bonchev–Trinajstić information content (AvgIpc) is 2.87. The molecule has 0 radical (unpaired) electrons. The maximum Gasteiger partial charge on any atom is 0.407 e. The molecule has 1 aliphatic heterocycles. The molecule has 0 bridgehead atoms. The number of aromatic nitrogens is 4. The molecule has 130 valence electrons. The number of hydrogen-bond acceptors (Lipinski definition) is 6. The summed E-state index contributed by atoms with van der Waals surface area (Å²) in [5.41, 5.74) is 0.315. The van der Waals surface area contributed by atoms with Crippen LogP contribution in [0.3, 0.4) is 0 Å². The summed E-state index contributed by atoms with van der Waals surface area (Å²) in [5.74, 6) is 0.865. The lowest BCUT2D eigenvalue weighted by Gasteiger charge is -2.34. The Kier molecular flexibility index (Phi) is 4.29. The van der Waals surface area contributed by atoms with Crippen molar-refractivity contribution in [3.63, 3.8) is 0 Å². The van der Waals surface area contributed by atoms with Crippen LogP contribution in [-0.2, 0) is 11.8 Å². The van der Waals surface area contributed by atoms with Crippen LogP contribution < -0.4 is 10.2 Å². The van der Waals surface area contributed by atoms with Crippen LogP contribution in [0.5, 0.6) is 0 Å². The molecule has 1 N–H and O–H groups in total. The second kappa shape index (κ2) is 6.26. The van der Waals surface area contributed by atoms with Crippen molar-refractivity contribution in [2.45, 2.75) is 45.3 Å². The van der Waals surface area contributed by atoms with E-state index in [-0.39, 0.29) is 12.1 Å². The van der Waals surface area contributed by atoms with Crippen molar-refractivity contribution >= 4 is 22.9 Å². The fourth-order valence-corrected chi connectivity index (χ4v) is 2.96. The quantitative estimate of drug-likeness (QED) is 0.903. The molecule has 1 aliphatic rings. The van der Waals surface area contributed by atoms with Crippen LogP contribution in [0.4, 0.5) is 10.6 Å². The van der Waals surface area contributed by atoms with Gasteiger partial charge in [0.2, 0.25) is 0 Å². The highest BCUT2D eigenvalue weighted by atomic mass is 16.6. The second-order valence-corrected chi connectivity index (χ2v) is 7.13. The number of hydrogen-bond donors (Lipinski definition) is 1. The number of alkyl carbamates (subject to hydrolysis) is 1. The van der Waals surface area contributed by atoms with Crippen molar-refractivity contribution < 1.29 is 9.53 Å². The van der Waals surface area contributed by atoms with Crippen LogP contribution in [-0.4, -0.2) is 50.6 Å². The van der Waals surface area contributed by atoms with Gasteiger partial charge in [-0.2, -0.15) is 5.10 Å². The summed E-state index contributed by atoms with van der Waals surface area (Å²) in [7, 11) is 1.86. The Morgan fingerprint density at radius 1 is 1.38 bits per heavy atom. The Morgan fingerprint density at radius 3 is 2.92 bits per heavy atom. The summed E-state index contributed by atoms with van der Waals surface area (Å²) >= 11 is 0. The van der Waals surface area contributed by atoms with Gasteiger partial charge in [0.05, 0.1) is 11.6 Å². The molecule has 1 saturated heterocycles. The Balaban J connectivity index is 1.72. The monoisotopic (exact) mass is 332 g/mol. The molecule has 1 atom stereocenters. The lowest BCUT2D eigenvalue weighted by atomic mass is 10.1. The minimum atomic E-state index is -0.493. The molecule has 3 rings (SSSR count). The number of nitrogens with zero attached hydrogens (tertiary/aromatic N) is 5. The van der Waals surface area contributed by atoms with E-state index in [2.05, 4.69) is 25.3 Å². The van der Waals surface area contributed by atoms with Gasteiger partial charge < -0.3 is 15.0 Å². The van der Waals surface area contributed by atoms with E-state index >= 15 is 0 Å². The molecule has 0 spiro atoms. The molecule has 8 nitrogen and oxygen atoms in total. The minimum Gasteiger partial charge on any atom is -0.444 e. The van der Waals surface area contributed by atoms with Crippen molar-refractivity contribution in [3.8, 4) is 0 Å². The van der Waals surface area contributed by atoms with Gasteiger partial charge in [-0.1, -0.05) is 0 Å². The molecule has 1 fully saturated rings. The number of fused-ring (bicyclic) bond motifs is 1. The first-order chi connectivity index (χ1) is 11.3. The number of carbonyl (C=O) groups is 1. The Hall–Kier alpha value is -2.38. The lowest BCUT2D eigenvalue weighted by molar-refractivity contribution is 0.0500. The number of amides is 1. The molecule has 24 heavy (non-hydrogen) atoms. The summed E-state index contributed by atoms with van der Waals surface area (Å²) in [5, 5.41) is 8.15.